The number of amides is 1. The molecule has 1 amide bonds. The van der Waals surface area contributed by atoms with Crippen LogP contribution < -0.4 is 10.1 Å². The number of hydrogen-bond donors (Lipinski definition) is 1. The maximum atomic E-state index is 12.4. The largest absolute Gasteiger partial charge is 0.481 e. The van der Waals surface area contributed by atoms with E-state index in [0.717, 1.165) is 18.6 Å². The SMILES string of the molecule is C[C@@H](CCc1ccccc1)NC(=O)[C@@H](C)Oc1ccc(C(C)(C)C)cc1. The number of nitrogens with one attached hydrogen (secondary N) is 1. The van der Waals surface area contributed by atoms with Crippen LogP contribution in [0.15, 0.2) is 54.6 Å². The van der Waals surface area contributed by atoms with Crippen LogP contribution in [0.2, 0.25) is 0 Å². The molecule has 0 saturated carbocycles. The van der Waals surface area contributed by atoms with E-state index in [-0.39, 0.29) is 17.4 Å². The summed E-state index contributed by atoms with van der Waals surface area (Å²) in [6, 6.07) is 18.4. The first-order valence-corrected chi connectivity index (χ1v) is 9.37. The van der Waals surface area contributed by atoms with Gasteiger partial charge in [0.15, 0.2) is 6.10 Å². The van der Waals surface area contributed by atoms with Gasteiger partial charge in [-0.05, 0) is 55.4 Å². The van der Waals surface area contributed by atoms with Gasteiger partial charge in [-0.3, -0.25) is 4.79 Å². The summed E-state index contributed by atoms with van der Waals surface area (Å²) in [5.41, 5.74) is 2.64. The molecule has 0 fully saturated rings. The van der Waals surface area contributed by atoms with E-state index in [1.54, 1.807) is 6.92 Å². The van der Waals surface area contributed by atoms with Crippen LogP contribution in [0.25, 0.3) is 0 Å². The van der Waals surface area contributed by atoms with Crippen LogP contribution in [0.5, 0.6) is 5.75 Å². The molecule has 0 unspecified atom stereocenters. The molecule has 0 radical (unpaired) electrons. The lowest BCUT2D eigenvalue weighted by Gasteiger charge is -2.21. The molecular formula is C23H31NO2. The first kappa shape index (κ1) is 20.0. The molecule has 0 saturated heterocycles. The number of rotatable bonds is 7. The molecule has 3 nitrogen and oxygen atoms in total. The average Bonchev–Trinajstić information content (AvgIpc) is 2.60. The number of hydrogen-bond acceptors (Lipinski definition) is 2. The molecule has 2 atom stereocenters. The highest BCUT2D eigenvalue weighted by Crippen LogP contribution is 2.24. The Morgan fingerprint density at radius 2 is 1.62 bits per heavy atom. The van der Waals surface area contributed by atoms with Gasteiger partial charge in [0.05, 0.1) is 0 Å². The molecule has 0 aliphatic heterocycles. The summed E-state index contributed by atoms with van der Waals surface area (Å²) in [6.45, 7) is 10.4. The van der Waals surface area contributed by atoms with Crippen molar-refractivity contribution in [2.24, 2.45) is 0 Å². The van der Waals surface area contributed by atoms with Gasteiger partial charge in [0.25, 0.3) is 5.91 Å². The second kappa shape index (κ2) is 8.88. The van der Waals surface area contributed by atoms with Crippen LogP contribution >= 0.6 is 0 Å². The number of carbonyl (C=O) groups excluding carboxylic acids is 1. The van der Waals surface area contributed by atoms with Gasteiger partial charge in [0.1, 0.15) is 5.75 Å². The summed E-state index contributed by atoms with van der Waals surface area (Å²) in [4.78, 5) is 12.4. The molecule has 2 aromatic carbocycles. The van der Waals surface area contributed by atoms with Crippen molar-refractivity contribution in [3.63, 3.8) is 0 Å². The van der Waals surface area contributed by atoms with Gasteiger partial charge >= 0.3 is 0 Å². The minimum Gasteiger partial charge on any atom is -0.481 e. The molecule has 3 heteroatoms. The maximum absolute atomic E-state index is 12.4. The van der Waals surface area contributed by atoms with Crippen LogP contribution in [0.4, 0.5) is 0 Å². The van der Waals surface area contributed by atoms with Crippen molar-refractivity contribution in [1.29, 1.82) is 0 Å². The number of aryl methyl sites for hydroxylation is 1. The van der Waals surface area contributed by atoms with Crippen LogP contribution in [0.1, 0.15) is 52.2 Å². The fourth-order valence-electron chi connectivity index (χ4n) is 2.75. The second-order valence-corrected chi connectivity index (χ2v) is 7.97. The van der Waals surface area contributed by atoms with E-state index in [1.165, 1.54) is 11.1 Å². The van der Waals surface area contributed by atoms with Crippen LogP contribution in [0.3, 0.4) is 0 Å². The second-order valence-electron chi connectivity index (χ2n) is 7.97. The van der Waals surface area contributed by atoms with E-state index >= 15 is 0 Å². The summed E-state index contributed by atoms with van der Waals surface area (Å²) in [5.74, 6) is 0.642. The van der Waals surface area contributed by atoms with Crippen molar-refractivity contribution < 1.29 is 9.53 Å². The third-order valence-electron chi connectivity index (χ3n) is 4.50. The highest BCUT2D eigenvalue weighted by Gasteiger charge is 2.18. The van der Waals surface area contributed by atoms with E-state index < -0.39 is 6.10 Å². The van der Waals surface area contributed by atoms with E-state index in [2.05, 4.69) is 50.4 Å². The van der Waals surface area contributed by atoms with Gasteiger partial charge in [-0.1, -0.05) is 63.2 Å². The molecule has 0 heterocycles. The van der Waals surface area contributed by atoms with Crippen LogP contribution in [-0.2, 0) is 16.6 Å². The summed E-state index contributed by atoms with van der Waals surface area (Å²) >= 11 is 0. The van der Waals surface area contributed by atoms with E-state index in [1.807, 2.05) is 37.3 Å². The lowest BCUT2D eigenvalue weighted by Crippen LogP contribution is -2.41. The molecule has 0 spiro atoms. The smallest absolute Gasteiger partial charge is 0.260 e. The molecule has 0 aliphatic carbocycles. The van der Waals surface area contributed by atoms with Crippen molar-refractivity contribution in [2.75, 3.05) is 0 Å². The molecule has 1 N–H and O–H groups in total. The number of carbonyl (C=O) groups is 1. The molecule has 0 aromatic heterocycles. The Bertz CT molecular complexity index is 686. The lowest BCUT2D eigenvalue weighted by molar-refractivity contribution is -0.127. The maximum Gasteiger partial charge on any atom is 0.260 e. The fraction of sp³-hybridized carbons (Fsp3) is 0.435. The molecule has 0 aliphatic rings. The molecule has 0 bridgehead atoms. The van der Waals surface area contributed by atoms with Gasteiger partial charge in [-0.2, -0.15) is 0 Å². The summed E-state index contributed by atoms with van der Waals surface area (Å²) in [5, 5.41) is 3.04. The topological polar surface area (TPSA) is 38.3 Å². The highest BCUT2D eigenvalue weighted by molar-refractivity contribution is 5.80. The quantitative estimate of drug-likeness (QED) is 0.770. The molecular weight excluding hydrogens is 322 g/mol. The third-order valence-corrected chi connectivity index (χ3v) is 4.50. The van der Waals surface area contributed by atoms with Gasteiger partial charge in [0.2, 0.25) is 0 Å². The van der Waals surface area contributed by atoms with Gasteiger partial charge in [0, 0.05) is 6.04 Å². The third kappa shape index (κ3) is 6.21. The standard InChI is InChI=1S/C23H31NO2/c1-17(11-12-19-9-7-6-8-10-19)24-22(25)18(2)26-21-15-13-20(14-16-21)23(3,4)5/h6-10,13-18H,11-12H2,1-5H3,(H,24,25)/t17-,18+/m0/s1. The average molecular weight is 354 g/mol. The Morgan fingerprint density at radius 3 is 2.19 bits per heavy atom. The Kier molecular flexibility index (Phi) is 6.84. The van der Waals surface area contributed by atoms with Crippen molar-refractivity contribution in [3.05, 3.63) is 65.7 Å². The van der Waals surface area contributed by atoms with Crippen molar-refractivity contribution in [3.8, 4) is 5.75 Å². The minimum absolute atomic E-state index is 0.0783. The zero-order valence-corrected chi connectivity index (χ0v) is 16.6. The Morgan fingerprint density at radius 1 is 1.00 bits per heavy atom. The first-order chi connectivity index (χ1) is 12.3. The predicted octanol–water partition coefficient (Wildman–Crippen LogP) is 4.89. The first-order valence-electron chi connectivity index (χ1n) is 9.37. The zero-order chi connectivity index (χ0) is 19.2. The Balaban J connectivity index is 1.81. The lowest BCUT2D eigenvalue weighted by atomic mass is 9.87. The molecule has 140 valence electrons. The molecule has 2 rings (SSSR count). The van der Waals surface area contributed by atoms with Crippen molar-refractivity contribution in [2.45, 2.75) is 65.0 Å². The normalized spacial score (nSPS) is 13.7. The van der Waals surface area contributed by atoms with Gasteiger partial charge in [-0.25, -0.2) is 0 Å². The van der Waals surface area contributed by atoms with Crippen LogP contribution in [0, 0.1) is 0 Å². The summed E-state index contributed by atoms with van der Waals surface area (Å²) in [7, 11) is 0. The Hall–Kier alpha value is -2.29. The molecule has 2 aromatic rings. The minimum atomic E-state index is -0.519. The highest BCUT2D eigenvalue weighted by atomic mass is 16.5. The van der Waals surface area contributed by atoms with Crippen LogP contribution in [-0.4, -0.2) is 18.1 Å². The van der Waals surface area contributed by atoms with Crippen molar-refractivity contribution in [1.82, 2.24) is 5.32 Å². The van der Waals surface area contributed by atoms with Gasteiger partial charge < -0.3 is 10.1 Å². The van der Waals surface area contributed by atoms with E-state index in [0.29, 0.717) is 0 Å². The number of ether oxygens (including phenoxy) is 1. The van der Waals surface area contributed by atoms with Crippen molar-refractivity contribution >= 4 is 5.91 Å². The summed E-state index contributed by atoms with van der Waals surface area (Å²) in [6.07, 6.45) is 1.34. The van der Waals surface area contributed by atoms with E-state index in [9.17, 15) is 4.79 Å². The summed E-state index contributed by atoms with van der Waals surface area (Å²) < 4.78 is 5.80. The monoisotopic (exact) mass is 353 g/mol. The van der Waals surface area contributed by atoms with Gasteiger partial charge in [-0.15, -0.1) is 0 Å². The zero-order valence-electron chi connectivity index (χ0n) is 16.6. The van der Waals surface area contributed by atoms with E-state index in [4.69, 9.17) is 4.74 Å². The fourth-order valence-corrected chi connectivity index (χ4v) is 2.75. The predicted molar refractivity (Wildman–Crippen MR) is 108 cm³/mol. The Labute approximate surface area is 157 Å². The number of benzene rings is 2. The molecule has 26 heavy (non-hydrogen) atoms.